The van der Waals surface area contributed by atoms with Crippen molar-refractivity contribution in [3.8, 4) is 0 Å². The summed E-state index contributed by atoms with van der Waals surface area (Å²) in [4.78, 5) is 11.2. The van der Waals surface area contributed by atoms with Crippen LogP contribution in [0.15, 0.2) is 37.0 Å². The van der Waals surface area contributed by atoms with Crippen LogP contribution in [0, 0.1) is 0 Å². The molecule has 0 aliphatic rings. The smallest absolute Gasteiger partial charge is 0.137 e. The predicted molar refractivity (Wildman–Crippen MR) is 61.8 cm³/mol. The van der Waals surface area contributed by atoms with Crippen molar-refractivity contribution in [1.29, 1.82) is 0 Å². The molecule has 0 saturated heterocycles. The number of allylic oxidation sites excluding steroid dienone is 4. The highest BCUT2D eigenvalue weighted by molar-refractivity contribution is 7.38. The van der Waals surface area contributed by atoms with Gasteiger partial charge in [-0.1, -0.05) is 31.4 Å². The summed E-state index contributed by atoms with van der Waals surface area (Å²) in [5, 5.41) is 0. The van der Waals surface area contributed by atoms with Gasteiger partial charge in [0.25, 0.3) is 0 Å². The summed E-state index contributed by atoms with van der Waals surface area (Å²) in [6, 6.07) is 0. The summed E-state index contributed by atoms with van der Waals surface area (Å²) in [7, 11) is 0.728. The number of hydrogen-bond donors (Lipinski definition) is 0. The largest absolute Gasteiger partial charge is 0.299 e. The van der Waals surface area contributed by atoms with Gasteiger partial charge in [0.2, 0.25) is 0 Å². The zero-order valence-electron chi connectivity index (χ0n) is 8.18. The molecular formula is C11H17OP. The van der Waals surface area contributed by atoms with Crippen LogP contribution in [0.1, 0.15) is 12.8 Å². The summed E-state index contributed by atoms with van der Waals surface area (Å²) in [6.45, 7) is 9.33. The Labute approximate surface area is 82.4 Å². The van der Waals surface area contributed by atoms with Gasteiger partial charge in [-0.25, -0.2) is 0 Å². The van der Waals surface area contributed by atoms with Crippen molar-refractivity contribution in [2.24, 2.45) is 0 Å². The maximum atomic E-state index is 11.2. The van der Waals surface area contributed by atoms with Crippen LogP contribution >= 0.6 is 8.58 Å². The van der Waals surface area contributed by atoms with Crippen molar-refractivity contribution in [2.75, 3.05) is 12.8 Å². The predicted octanol–water partition coefficient (Wildman–Crippen LogP) is 2.94. The Hall–Kier alpha value is -0.680. The van der Waals surface area contributed by atoms with Crippen molar-refractivity contribution in [3.63, 3.8) is 0 Å². The van der Waals surface area contributed by atoms with Crippen LogP contribution in [0.25, 0.3) is 0 Å². The second-order valence-electron chi connectivity index (χ2n) is 2.75. The van der Waals surface area contributed by atoms with Gasteiger partial charge in [-0.15, -0.1) is 8.58 Å². The van der Waals surface area contributed by atoms with Crippen molar-refractivity contribution in [1.82, 2.24) is 0 Å². The van der Waals surface area contributed by atoms with E-state index in [0.717, 1.165) is 26.7 Å². The fourth-order valence-electron chi connectivity index (χ4n) is 0.974. The van der Waals surface area contributed by atoms with Gasteiger partial charge in [-0.05, 0) is 18.7 Å². The van der Waals surface area contributed by atoms with E-state index in [4.69, 9.17) is 0 Å². The number of carbonyl (C=O) groups is 1. The van der Waals surface area contributed by atoms with Gasteiger partial charge in [0.15, 0.2) is 0 Å². The molecule has 0 aromatic rings. The van der Waals surface area contributed by atoms with E-state index < -0.39 is 0 Å². The van der Waals surface area contributed by atoms with E-state index in [-0.39, 0.29) is 0 Å². The Bertz CT molecular complexity index is 216. The maximum Gasteiger partial charge on any atom is 0.137 e. The first-order valence-corrected chi connectivity index (χ1v) is 6.05. The Morgan fingerprint density at radius 1 is 1.38 bits per heavy atom. The lowest BCUT2D eigenvalue weighted by Crippen LogP contribution is -1.99. The lowest BCUT2D eigenvalue weighted by atomic mass is 10.1. The van der Waals surface area contributed by atoms with E-state index in [9.17, 15) is 4.79 Å². The van der Waals surface area contributed by atoms with Crippen LogP contribution in [0.5, 0.6) is 0 Å². The number of rotatable bonds is 7. The van der Waals surface area contributed by atoms with Crippen molar-refractivity contribution >= 4 is 14.4 Å². The number of carbonyl (C=O) groups excluding carboxylic acids is 1. The van der Waals surface area contributed by atoms with Gasteiger partial charge in [-0.3, -0.25) is 4.79 Å². The number of hydrogen-bond acceptors (Lipinski definition) is 1. The molecule has 0 rings (SSSR count). The molecule has 0 aromatic carbocycles. The average molecular weight is 196 g/mol. The topological polar surface area (TPSA) is 17.1 Å². The highest BCUT2D eigenvalue weighted by Crippen LogP contribution is 2.10. The molecule has 1 nitrogen and oxygen atoms in total. The van der Waals surface area contributed by atoms with Crippen LogP contribution in [0.4, 0.5) is 0 Å². The van der Waals surface area contributed by atoms with E-state index in [1.165, 1.54) is 0 Å². The first kappa shape index (κ1) is 12.3. The SMILES string of the molecule is C=C/C=C(\C=C)CCC(=O)CPC. The molecule has 72 valence electrons. The molecule has 0 saturated carbocycles. The third-order valence-corrected chi connectivity index (χ3v) is 2.41. The minimum atomic E-state index is 0.345. The molecule has 13 heavy (non-hydrogen) atoms. The molecule has 0 radical (unpaired) electrons. The fourth-order valence-corrected chi connectivity index (χ4v) is 1.55. The average Bonchev–Trinajstić information content (AvgIpc) is 2.12. The molecule has 1 unspecified atom stereocenters. The Morgan fingerprint density at radius 3 is 2.54 bits per heavy atom. The highest BCUT2D eigenvalue weighted by atomic mass is 31.1. The number of Topliss-reactive ketones (excluding diaryl/α,β-unsaturated/α-hetero) is 1. The summed E-state index contributed by atoms with van der Waals surface area (Å²) < 4.78 is 0. The van der Waals surface area contributed by atoms with Crippen molar-refractivity contribution < 1.29 is 4.79 Å². The zero-order chi connectivity index (χ0) is 10.1. The lowest BCUT2D eigenvalue weighted by Gasteiger charge is -1.99. The molecule has 0 spiro atoms. The first-order valence-electron chi connectivity index (χ1n) is 4.35. The third kappa shape index (κ3) is 6.48. The number of ketones is 1. The summed E-state index contributed by atoms with van der Waals surface area (Å²) in [5.74, 6) is 0.345. The van der Waals surface area contributed by atoms with Gasteiger partial charge in [0.1, 0.15) is 5.78 Å². The standard InChI is InChI=1S/C11H17OP/c1-4-6-10(5-2)7-8-11(12)9-13-3/h4-6,13H,1-2,7-9H2,3H3/b10-6+. The van der Waals surface area contributed by atoms with Gasteiger partial charge >= 0.3 is 0 Å². The minimum Gasteiger partial charge on any atom is -0.299 e. The zero-order valence-corrected chi connectivity index (χ0v) is 9.18. The summed E-state index contributed by atoms with van der Waals surface area (Å²) >= 11 is 0. The van der Waals surface area contributed by atoms with E-state index in [1.54, 1.807) is 12.2 Å². The molecule has 0 N–H and O–H groups in total. The van der Waals surface area contributed by atoms with E-state index in [1.807, 2.05) is 12.7 Å². The van der Waals surface area contributed by atoms with Crippen LogP contribution in [0.2, 0.25) is 0 Å². The summed E-state index contributed by atoms with van der Waals surface area (Å²) in [6.07, 6.45) is 7.55. The van der Waals surface area contributed by atoms with Crippen molar-refractivity contribution in [3.05, 3.63) is 37.0 Å². The van der Waals surface area contributed by atoms with Crippen LogP contribution in [-0.4, -0.2) is 18.6 Å². The fraction of sp³-hybridized carbons (Fsp3) is 0.364. The van der Waals surface area contributed by atoms with E-state index in [2.05, 4.69) is 13.2 Å². The third-order valence-electron chi connectivity index (χ3n) is 1.66. The normalized spacial score (nSPS) is 11.9. The molecule has 0 amide bonds. The van der Waals surface area contributed by atoms with Gasteiger partial charge in [-0.2, -0.15) is 0 Å². The lowest BCUT2D eigenvalue weighted by molar-refractivity contribution is -0.116. The highest BCUT2D eigenvalue weighted by Gasteiger charge is 2.00. The summed E-state index contributed by atoms with van der Waals surface area (Å²) in [5.41, 5.74) is 1.09. The van der Waals surface area contributed by atoms with E-state index >= 15 is 0 Å². The van der Waals surface area contributed by atoms with Gasteiger partial charge in [0, 0.05) is 12.6 Å². The quantitative estimate of drug-likeness (QED) is 0.452. The van der Waals surface area contributed by atoms with Gasteiger partial charge in [0.05, 0.1) is 0 Å². The molecule has 0 aliphatic heterocycles. The van der Waals surface area contributed by atoms with E-state index in [0.29, 0.717) is 12.2 Å². The van der Waals surface area contributed by atoms with Gasteiger partial charge < -0.3 is 0 Å². The minimum absolute atomic E-state index is 0.345. The molecule has 1 atom stereocenters. The Kier molecular flexibility index (Phi) is 7.53. The second-order valence-corrected chi connectivity index (χ2v) is 3.81. The molecule has 0 heterocycles. The van der Waals surface area contributed by atoms with Crippen LogP contribution < -0.4 is 0 Å². The Balaban J connectivity index is 3.85. The molecule has 2 heteroatoms. The second kappa shape index (κ2) is 7.94. The molecular weight excluding hydrogens is 179 g/mol. The monoisotopic (exact) mass is 196 g/mol. The maximum absolute atomic E-state index is 11.2. The molecule has 0 bridgehead atoms. The molecule has 0 aromatic heterocycles. The molecule has 0 fully saturated rings. The van der Waals surface area contributed by atoms with Crippen LogP contribution in [0.3, 0.4) is 0 Å². The Morgan fingerprint density at radius 2 is 2.08 bits per heavy atom. The first-order chi connectivity index (χ1) is 6.24. The van der Waals surface area contributed by atoms with Crippen LogP contribution in [-0.2, 0) is 4.79 Å². The molecule has 0 aliphatic carbocycles. The van der Waals surface area contributed by atoms with Crippen molar-refractivity contribution in [2.45, 2.75) is 12.8 Å².